The maximum Gasteiger partial charge on any atom is 0.257 e. The van der Waals surface area contributed by atoms with E-state index in [1.165, 1.54) is 6.20 Å². The zero-order valence-corrected chi connectivity index (χ0v) is 15.0. The molecule has 0 atom stereocenters. The summed E-state index contributed by atoms with van der Waals surface area (Å²) in [5, 5.41) is 6.64. The molecule has 1 aromatic heterocycles. The van der Waals surface area contributed by atoms with E-state index in [9.17, 15) is 4.79 Å². The molecule has 0 unspecified atom stereocenters. The van der Waals surface area contributed by atoms with Crippen LogP contribution >= 0.6 is 11.6 Å². The van der Waals surface area contributed by atoms with Crippen molar-refractivity contribution in [2.45, 2.75) is 6.54 Å². The molecule has 4 rings (SSSR count). The number of halogens is 1. The number of fused-ring (bicyclic) bond motifs is 1. The number of carbonyl (C=O) groups is 1. The largest absolute Gasteiger partial charge is 0.454 e. The summed E-state index contributed by atoms with van der Waals surface area (Å²) in [5.41, 5.74) is 2.19. The van der Waals surface area contributed by atoms with E-state index in [2.05, 4.69) is 15.6 Å². The molecule has 0 spiro atoms. The van der Waals surface area contributed by atoms with Crippen LogP contribution in [0.15, 0.2) is 60.8 Å². The molecule has 6 nitrogen and oxygen atoms in total. The Morgan fingerprint density at radius 3 is 2.63 bits per heavy atom. The zero-order chi connectivity index (χ0) is 18.6. The van der Waals surface area contributed by atoms with Crippen LogP contribution in [0.3, 0.4) is 0 Å². The Kier molecular flexibility index (Phi) is 4.80. The van der Waals surface area contributed by atoms with Crippen LogP contribution in [0.1, 0.15) is 15.9 Å². The van der Waals surface area contributed by atoms with Gasteiger partial charge < -0.3 is 20.1 Å². The number of nitrogens with zero attached hydrogens (tertiary/aromatic N) is 1. The molecular formula is C20H16ClN3O3. The number of ether oxygens (including phenoxy) is 2. The second-order valence-corrected chi connectivity index (χ2v) is 6.37. The summed E-state index contributed by atoms with van der Waals surface area (Å²) in [4.78, 5) is 16.6. The van der Waals surface area contributed by atoms with Crippen molar-refractivity contribution < 1.29 is 14.3 Å². The molecule has 2 aromatic carbocycles. The number of amides is 1. The summed E-state index contributed by atoms with van der Waals surface area (Å²) < 4.78 is 10.7. The van der Waals surface area contributed by atoms with Gasteiger partial charge in [-0.2, -0.15) is 0 Å². The first-order valence-corrected chi connectivity index (χ1v) is 8.70. The summed E-state index contributed by atoms with van der Waals surface area (Å²) in [6.07, 6.45) is 1.53. The molecule has 0 bridgehead atoms. The zero-order valence-electron chi connectivity index (χ0n) is 14.2. The minimum atomic E-state index is -0.229. The van der Waals surface area contributed by atoms with Crippen LogP contribution in [-0.2, 0) is 6.54 Å². The Morgan fingerprint density at radius 1 is 1.04 bits per heavy atom. The quantitative estimate of drug-likeness (QED) is 0.688. The first kappa shape index (κ1) is 17.2. The van der Waals surface area contributed by atoms with E-state index in [-0.39, 0.29) is 12.7 Å². The van der Waals surface area contributed by atoms with Crippen molar-refractivity contribution in [3.8, 4) is 11.5 Å². The van der Waals surface area contributed by atoms with Crippen LogP contribution in [0, 0.1) is 0 Å². The minimum Gasteiger partial charge on any atom is -0.454 e. The van der Waals surface area contributed by atoms with Crippen molar-refractivity contribution in [2.24, 2.45) is 0 Å². The second kappa shape index (κ2) is 7.55. The van der Waals surface area contributed by atoms with Gasteiger partial charge in [0.05, 0.1) is 5.56 Å². The van der Waals surface area contributed by atoms with Crippen molar-refractivity contribution >= 4 is 29.0 Å². The van der Waals surface area contributed by atoms with Gasteiger partial charge in [-0.05, 0) is 54.1 Å². The number of aromatic nitrogens is 1. The van der Waals surface area contributed by atoms with Crippen LogP contribution in [0.2, 0.25) is 5.02 Å². The van der Waals surface area contributed by atoms with Gasteiger partial charge in [-0.1, -0.05) is 17.7 Å². The fourth-order valence-corrected chi connectivity index (χ4v) is 2.74. The lowest BCUT2D eigenvalue weighted by atomic mass is 10.2. The van der Waals surface area contributed by atoms with E-state index < -0.39 is 0 Å². The number of benzene rings is 2. The summed E-state index contributed by atoms with van der Waals surface area (Å²) in [5.74, 6) is 1.95. The van der Waals surface area contributed by atoms with E-state index in [0.717, 1.165) is 17.1 Å². The fourth-order valence-electron chi connectivity index (χ4n) is 2.61. The SMILES string of the molecule is O=C(Nc1ccc(Cl)cc1)c1ccc(NCc2ccc3c(c2)OCO3)nc1. The minimum absolute atomic E-state index is 0.229. The van der Waals surface area contributed by atoms with Gasteiger partial charge in [0.2, 0.25) is 6.79 Å². The van der Waals surface area contributed by atoms with Crippen LogP contribution < -0.4 is 20.1 Å². The van der Waals surface area contributed by atoms with Crippen LogP contribution in [-0.4, -0.2) is 17.7 Å². The third-order valence-electron chi connectivity index (χ3n) is 4.04. The lowest BCUT2D eigenvalue weighted by Gasteiger charge is -2.08. The van der Waals surface area contributed by atoms with Crippen LogP contribution in [0.4, 0.5) is 11.5 Å². The van der Waals surface area contributed by atoms with Crippen molar-refractivity contribution in [1.29, 1.82) is 0 Å². The summed E-state index contributed by atoms with van der Waals surface area (Å²) >= 11 is 5.84. The van der Waals surface area contributed by atoms with E-state index in [1.54, 1.807) is 36.4 Å². The van der Waals surface area contributed by atoms with E-state index >= 15 is 0 Å². The highest BCUT2D eigenvalue weighted by Crippen LogP contribution is 2.32. The Hall–Kier alpha value is -3.25. The predicted molar refractivity (Wildman–Crippen MR) is 104 cm³/mol. The molecule has 0 radical (unpaired) electrons. The Balaban J connectivity index is 1.35. The average molecular weight is 382 g/mol. The van der Waals surface area contributed by atoms with Crippen LogP contribution in [0.5, 0.6) is 11.5 Å². The fraction of sp³-hybridized carbons (Fsp3) is 0.100. The van der Waals surface area contributed by atoms with Crippen molar-refractivity contribution in [3.63, 3.8) is 0 Å². The Morgan fingerprint density at radius 2 is 1.85 bits per heavy atom. The van der Waals surface area contributed by atoms with Gasteiger partial charge in [0, 0.05) is 23.5 Å². The molecule has 27 heavy (non-hydrogen) atoms. The molecule has 1 aliphatic heterocycles. The third-order valence-corrected chi connectivity index (χ3v) is 4.29. The number of anilines is 2. The maximum atomic E-state index is 12.3. The molecule has 1 aliphatic rings. The first-order valence-electron chi connectivity index (χ1n) is 8.33. The van der Waals surface area contributed by atoms with E-state index in [0.29, 0.717) is 28.6 Å². The van der Waals surface area contributed by atoms with Gasteiger partial charge in [-0.25, -0.2) is 4.98 Å². The first-order chi connectivity index (χ1) is 13.2. The van der Waals surface area contributed by atoms with Gasteiger partial charge in [0.25, 0.3) is 5.91 Å². The number of hydrogen-bond acceptors (Lipinski definition) is 5. The normalized spacial score (nSPS) is 11.9. The number of carbonyl (C=O) groups excluding carboxylic acids is 1. The molecule has 0 fully saturated rings. The average Bonchev–Trinajstić information content (AvgIpc) is 3.16. The van der Waals surface area contributed by atoms with Crippen molar-refractivity contribution in [1.82, 2.24) is 4.98 Å². The van der Waals surface area contributed by atoms with E-state index in [1.807, 2.05) is 18.2 Å². The molecule has 3 aromatic rings. The number of pyridine rings is 1. The summed E-state index contributed by atoms with van der Waals surface area (Å²) in [7, 11) is 0. The Bertz CT molecular complexity index is 959. The summed E-state index contributed by atoms with van der Waals surface area (Å²) in [6, 6.07) is 16.2. The molecule has 1 amide bonds. The van der Waals surface area contributed by atoms with Gasteiger partial charge in [0.1, 0.15) is 5.82 Å². The van der Waals surface area contributed by atoms with Crippen LogP contribution in [0.25, 0.3) is 0 Å². The molecule has 136 valence electrons. The highest BCUT2D eigenvalue weighted by molar-refractivity contribution is 6.30. The Labute approximate surface area is 161 Å². The summed E-state index contributed by atoms with van der Waals surface area (Å²) in [6.45, 7) is 0.841. The highest BCUT2D eigenvalue weighted by Gasteiger charge is 2.13. The molecule has 7 heteroatoms. The molecule has 0 aliphatic carbocycles. The lowest BCUT2D eigenvalue weighted by Crippen LogP contribution is -2.12. The molecule has 0 saturated heterocycles. The topological polar surface area (TPSA) is 72.5 Å². The van der Waals surface area contributed by atoms with Gasteiger partial charge in [0.15, 0.2) is 11.5 Å². The smallest absolute Gasteiger partial charge is 0.257 e. The van der Waals surface area contributed by atoms with Gasteiger partial charge in [-0.3, -0.25) is 4.79 Å². The number of nitrogens with one attached hydrogen (secondary N) is 2. The van der Waals surface area contributed by atoms with Crippen molar-refractivity contribution in [2.75, 3.05) is 17.4 Å². The van der Waals surface area contributed by atoms with Gasteiger partial charge >= 0.3 is 0 Å². The second-order valence-electron chi connectivity index (χ2n) is 5.93. The molecule has 0 saturated carbocycles. The van der Waals surface area contributed by atoms with Crippen molar-refractivity contribution in [3.05, 3.63) is 76.9 Å². The molecule has 2 N–H and O–H groups in total. The standard InChI is InChI=1S/C20H16ClN3O3/c21-15-3-5-16(6-4-15)24-20(25)14-2-8-19(23-11-14)22-10-13-1-7-17-18(9-13)27-12-26-17/h1-9,11H,10,12H2,(H,22,23)(H,24,25). The monoisotopic (exact) mass is 381 g/mol. The molecular weight excluding hydrogens is 366 g/mol. The highest BCUT2D eigenvalue weighted by atomic mass is 35.5. The molecule has 2 heterocycles. The predicted octanol–water partition coefficient (Wildman–Crippen LogP) is 4.33. The lowest BCUT2D eigenvalue weighted by molar-refractivity contribution is 0.102. The number of hydrogen-bond donors (Lipinski definition) is 2. The van der Waals surface area contributed by atoms with Gasteiger partial charge in [-0.15, -0.1) is 0 Å². The van der Waals surface area contributed by atoms with E-state index in [4.69, 9.17) is 21.1 Å². The number of rotatable bonds is 5. The maximum absolute atomic E-state index is 12.3. The third kappa shape index (κ3) is 4.12.